The quantitative estimate of drug-likeness (QED) is 0.571. The Bertz CT molecular complexity index is 117. The number of alkyl halides is 1. The molecule has 0 saturated carbocycles. The number of aliphatic hydroxyl groups excluding tert-OH is 1. The molecule has 0 aliphatic carbocycles. The second kappa shape index (κ2) is 5.91. The number of ether oxygens (including phenoxy) is 1. The first-order valence-corrected chi connectivity index (χ1v) is 3.65. The van der Waals surface area contributed by atoms with E-state index in [2.05, 4.69) is 4.74 Å². The zero-order valence-corrected chi connectivity index (χ0v) is 6.86. The van der Waals surface area contributed by atoms with Gasteiger partial charge in [-0.05, 0) is 6.42 Å². The van der Waals surface area contributed by atoms with Gasteiger partial charge in [0.25, 0.3) is 5.97 Å². The number of carboxylic acids is 1. The van der Waals surface area contributed by atoms with E-state index in [9.17, 15) is 4.39 Å². The largest absolute Gasteiger partial charge is 0.481 e. The van der Waals surface area contributed by atoms with Gasteiger partial charge < -0.3 is 14.9 Å². The van der Waals surface area contributed by atoms with Gasteiger partial charge in [0.15, 0.2) is 6.29 Å². The first-order chi connectivity index (χ1) is 5.52. The molecule has 2 N–H and O–H groups in total. The standard InChI is InChI=1S/C5H9FO2.C2H4O2/c6-4-1-2-5(7)8-3-4;1-2(3)4/h4-5,7H,1-3H2;1H3,(H,3,4). The molecule has 0 aromatic carbocycles. The molecule has 0 spiro atoms. The molecule has 1 saturated heterocycles. The Morgan fingerprint density at radius 3 is 2.33 bits per heavy atom. The van der Waals surface area contributed by atoms with E-state index in [0.717, 1.165) is 6.92 Å². The van der Waals surface area contributed by atoms with Crippen molar-refractivity contribution in [1.29, 1.82) is 0 Å². The Balaban J connectivity index is 0.000000261. The fourth-order valence-corrected chi connectivity index (χ4v) is 0.706. The summed E-state index contributed by atoms with van der Waals surface area (Å²) in [5, 5.41) is 16.1. The lowest BCUT2D eigenvalue weighted by atomic mass is 10.2. The molecule has 0 bridgehead atoms. The number of carbonyl (C=O) groups is 1. The van der Waals surface area contributed by atoms with Crippen molar-refractivity contribution in [2.24, 2.45) is 0 Å². The van der Waals surface area contributed by atoms with Crippen molar-refractivity contribution in [1.82, 2.24) is 0 Å². The molecule has 4 nitrogen and oxygen atoms in total. The lowest BCUT2D eigenvalue weighted by molar-refractivity contribution is -0.143. The van der Waals surface area contributed by atoms with Crippen molar-refractivity contribution in [2.45, 2.75) is 32.2 Å². The molecule has 12 heavy (non-hydrogen) atoms. The summed E-state index contributed by atoms with van der Waals surface area (Å²) in [5.41, 5.74) is 0. The van der Waals surface area contributed by atoms with Crippen molar-refractivity contribution < 1.29 is 24.1 Å². The Labute approximate surface area is 70.0 Å². The SMILES string of the molecule is CC(=O)O.OC1CCC(F)CO1. The van der Waals surface area contributed by atoms with Crippen molar-refractivity contribution in [3.05, 3.63) is 0 Å². The fourth-order valence-electron chi connectivity index (χ4n) is 0.706. The lowest BCUT2D eigenvalue weighted by Crippen LogP contribution is -2.26. The minimum Gasteiger partial charge on any atom is -0.481 e. The Kier molecular flexibility index (Phi) is 5.57. The van der Waals surface area contributed by atoms with Gasteiger partial charge in [-0.1, -0.05) is 0 Å². The molecular weight excluding hydrogens is 167 g/mol. The summed E-state index contributed by atoms with van der Waals surface area (Å²) < 4.78 is 16.7. The van der Waals surface area contributed by atoms with Crippen molar-refractivity contribution in [2.75, 3.05) is 6.61 Å². The minimum atomic E-state index is -0.863. The van der Waals surface area contributed by atoms with Crippen molar-refractivity contribution in [3.8, 4) is 0 Å². The molecule has 1 aliphatic heterocycles. The molecule has 0 radical (unpaired) electrons. The van der Waals surface area contributed by atoms with Gasteiger partial charge in [-0.25, -0.2) is 4.39 Å². The van der Waals surface area contributed by atoms with E-state index in [4.69, 9.17) is 15.0 Å². The molecule has 1 heterocycles. The smallest absolute Gasteiger partial charge is 0.300 e. The first-order valence-electron chi connectivity index (χ1n) is 3.65. The second-order valence-corrected chi connectivity index (χ2v) is 2.48. The van der Waals surface area contributed by atoms with Crippen LogP contribution in [0.25, 0.3) is 0 Å². The molecule has 5 heteroatoms. The topological polar surface area (TPSA) is 66.8 Å². The highest BCUT2D eigenvalue weighted by Crippen LogP contribution is 2.13. The van der Waals surface area contributed by atoms with Gasteiger partial charge in [0.2, 0.25) is 0 Å². The summed E-state index contributed by atoms with van der Waals surface area (Å²) in [6, 6.07) is 0. The maximum absolute atomic E-state index is 12.1. The highest BCUT2D eigenvalue weighted by molar-refractivity contribution is 5.62. The zero-order valence-electron chi connectivity index (χ0n) is 6.86. The molecular formula is C7H13FO4. The zero-order chi connectivity index (χ0) is 9.56. The summed E-state index contributed by atoms with van der Waals surface area (Å²) in [7, 11) is 0. The third-order valence-electron chi connectivity index (χ3n) is 1.20. The van der Waals surface area contributed by atoms with Gasteiger partial charge in [0, 0.05) is 13.3 Å². The maximum atomic E-state index is 12.1. The number of halogens is 1. The average Bonchev–Trinajstić information content (AvgIpc) is 1.94. The number of rotatable bonds is 0. The van der Waals surface area contributed by atoms with Crippen LogP contribution in [0, 0.1) is 0 Å². The molecule has 1 rings (SSSR count). The van der Waals surface area contributed by atoms with Gasteiger partial charge in [0.1, 0.15) is 6.17 Å². The summed E-state index contributed by atoms with van der Waals surface area (Å²) in [5.74, 6) is -0.833. The average molecular weight is 180 g/mol. The van der Waals surface area contributed by atoms with Gasteiger partial charge in [-0.3, -0.25) is 4.79 Å². The summed E-state index contributed by atoms with van der Waals surface area (Å²) in [6.07, 6.45) is -0.720. The molecule has 72 valence electrons. The Hall–Kier alpha value is -0.680. The highest BCUT2D eigenvalue weighted by atomic mass is 19.1. The molecule has 1 aliphatic rings. The van der Waals surface area contributed by atoms with E-state index >= 15 is 0 Å². The van der Waals surface area contributed by atoms with Crippen LogP contribution in [0.1, 0.15) is 19.8 Å². The normalized spacial score (nSPS) is 28.6. The molecule has 0 aromatic heterocycles. The predicted molar refractivity (Wildman–Crippen MR) is 39.4 cm³/mol. The molecule has 0 amide bonds. The van der Waals surface area contributed by atoms with Crippen LogP contribution in [0.2, 0.25) is 0 Å². The number of aliphatic carboxylic acids is 1. The minimum absolute atomic E-state index is 0.0567. The Morgan fingerprint density at radius 2 is 2.08 bits per heavy atom. The third kappa shape index (κ3) is 7.43. The number of hydrogen-bond acceptors (Lipinski definition) is 3. The maximum Gasteiger partial charge on any atom is 0.300 e. The number of hydrogen-bond donors (Lipinski definition) is 2. The number of carboxylic acid groups (broad SMARTS) is 1. The predicted octanol–water partition coefficient (Wildman–Crippen LogP) is 0.544. The van der Waals surface area contributed by atoms with E-state index in [1.54, 1.807) is 0 Å². The summed E-state index contributed by atoms with van der Waals surface area (Å²) >= 11 is 0. The Morgan fingerprint density at radius 1 is 1.58 bits per heavy atom. The molecule has 1 fully saturated rings. The van der Waals surface area contributed by atoms with Crippen molar-refractivity contribution in [3.63, 3.8) is 0 Å². The molecule has 0 aromatic rings. The van der Waals surface area contributed by atoms with Crippen LogP contribution >= 0.6 is 0 Å². The van der Waals surface area contributed by atoms with Gasteiger partial charge in [0.05, 0.1) is 6.61 Å². The van der Waals surface area contributed by atoms with Crippen LogP contribution < -0.4 is 0 Å². The van der Waals surface area contributed by atoms with E-state index in [-0.39, 0.29) is 6.61 Å². The van der Waals surface area contributed by atoms with Crippen LogP contribution in [0.4, 0.5) is 4.39 Å². The fraction of sp³-hybridized carbons (Fsp3) is 0.857. The van der Waals surface area contributed by atoms with Crippen LogP contribution in [-0.2, 0) is 9.53 Å². The summed E-state index contributed by atoms with van der Waals surface area (Å²) in [4.78, 5) is 9.00. The van der Waals surface area contributed by atoms with E-state index in [1.165, 1.54) is 0 Å². The van der Waals surface area contributed by atoms with Crippen LogP contribution in [0.15, 0.2) is 0 Å². The highest BCUT2D eigenvalue weighted by Gasteiger charge is 2.17. The monoisotopic (exact) mass is 180 g/mol. The molecule has 2 unspecified atom stereocenters. The van der Waals surface area contributed by atoms with Crippen LogP contribution in [-0.4, -0.2) is 35.3 Å². The van der Waals surface area contributed by atoms with Gasteiger partial charge in [-0.15, -0.1) is 0 Å². The number of aliphatic hydroxyl groups is 1. The van der Waals surface area contributed by atoms with Gasteiger partial charge >= 0.3 is 0 Å². The third-order valence-corrected chi connectivity index (χ3v) is 1.20. The van der Waals surface area contributed by atoms with E-state index in [0.29, 0.717) is 12.8 Å². The van der Waals surface area contributed by atoms with Gasteiger partial charge in [-0.2, -0.15) is 0 Å². The van der Waals surface area contributed by atoms with Crippen LogP contribution in [0.3, 0.4) is 0 Å². The van der Waals surface area contributed by atoms with E-state index < -0.39 is 18.4 Å². The van der Waals surface area contributed by atoms with Crippen molar-refractivity contribution >= 4 is 5.97 Å². The molecule has 2 atom stereocenters. The first kappa shape index (κ1) is 11.3. The van der Waals surface area contributed by atoms with Crippen LogP contribution in [0.5, 0.6) is 0 Å². The van der Waals surface area contributed by atoms with E-state index in [1.807, 2.05) is 0 Å². The lowest BCUT2D eigenvalue weighted by Gasteiger charge is -2.19. The summed E-state index contributed by atoms with van der Waals surface area (Å²) in [6.45, 7) is 1.14. The second-order valence-electron chi connectivity index (χ2n) is 2.48.